The van der Waals surface area contributed by atoms with Gasteiger partial charge in [-0.25, -0.2) is 0 Å². The molecule has 2 N–H and O–H groups in total. The van der Waals surface area contributed by atoms with Crippen LogP contribution in [0.3, 0.4) is 0 Å². The van der Waals surface area contributed by atoms with Gasteiger partial charge in [-0.1, -0.05) is 6.92 Å². The SMILES string of the molecule is CCC(NC(=O)C(C)NC)C1CC1. The highest BCUT2D eigenvalue weighted by Gasteiger charge is 2.31. The first-order valence-corrected chi connectivity index (χ1v) is 5.16. The lowest BCUT2D eigenvalue weighted by molar-refractivity contribution is -0.123. The van der Waals surface area contributed by atoms with Crippen molar-refractivity contribution in [2.24, 2.45) is 5.92 Å². The van der Waals surface area contributed by atoms with Gasteiger partial charge in [0, 0.05) is 6.04 Å². The third-order valence-electron chi connectivity index (χ3n) is 2.78. The Bertz CT molecular complexity index is 178. The molecule has 0 aromatic heterocycles. The molecule has 0 bridgehead atoms. The first-order chi connectivity index (χ1) is 6.19. The van der Waals surface area contributed by atoms with Crippen LogP contribution >= 0.6 is 0 Å². The summed E-state index contributed by atoms with van der Waals surface area (Å²) in [5.41, 5.74) is 0. The van der Waals surface area contributed by atoms with E-state index in [1.807, 2.05) is 14.0 Å². The van der Waals surface area contributed by atoms with Gasteiger partial charge in [-0.15, -0.1) is 0 Å². The first kappa shape index (κ1) is 10.5. The molecule has 1 rings (SSSR count). The van der Waals surface area contributed by atoms with E-state index < -0.39 is 0 Å². The summed E-state index contributed by atoms with van der Waals surface area (Å²) in [6, 6.07) is 0.330. The van der Waals surface area contributed by atoms with E-state index in [1.165, 1.54) is 12.8 Å². The van der Waals surface area contributed by atoms with Gasteiger partial charge in [-0.3, -0.25) is 4.79 Å². The maximum absolute atomic E-state index is 11.5. The van der Waals surface area contributed by atoms with Crippen molar-refractivity contribution in [1.82, 2.24) is 10.6 Å². The Morgan fingerprint density at radius 2 is 2.15 bits per heavy atom. The van der Waals surface area contributed by atoms with Gasteiger partial charge in [0.15, 0.2) is 0 Å². The van der Waals surface area contributed by atoms with E-state index in [1.54, 1.807) is 0 Å². The fraction of sp³-hybridized carbons (Fsp3) is 0.900. The van der Waals surface area contributed by atoms with Gasteiger partial charge in [0.1, 0.15) is 0 Å². The molecule has 13 heavy (non-hydrogen) atoms. The van der Waals surface area contributed by atoms with Gasteiger partial charge in [0.25, 0.3) is 0 Å². The second-order valence-electron chi connectivity index (χ2n) is 3.87. The van der Waals surface area contributed by atoms with Crippen molar-refractivity contribution >= 4 is 5.91 Å². The fourth-order valence-electron chi connectivity index (χ4n) is 1.49. The van der Waals surface area contributed by atoms with E-state index in [0.29, 0.717) is 6.04 Å². The molecule has 1 amide bonds. The van der Waals surface area contributed by atoms with Crippen LogP contribution in [0.15, 0.2) is 0 Å². The van der Waals surface area contributed by atoms with Crippen molar-refractivity contribution in [2.75, 3.05) is 7.05 Å². The summed E-state index contributed by atoms with van der Waals surface area (Å²) in [4.78, 5) is 11.5. The number of rotatable bonds is 5. The molecule has 3 nitrogen and oxygen atoms in total. The van der Waals surface area contributed by atoms with Crippen LogP contribution in [0, 0.1) is 5.92 Å². The standard InChI is InChI=1S/C10H20N2O/c1-4-9(8-5-6-8)12-10(13)7(2)11-3/h7-9,11H,4-6H2,1-3H3,(H,12,13). The molecular weight excluding hydrogens is 164 g/mol. The van der Waals surface area contributed by atoms with Crippen molar-refractivity contribution < 1.29 is 4.79 Å². The van der Waals surface area contributed by atoms with Crippen LogP contribution < -0.4 is 10.6 Å². The molecule has 0 saturated heterocycles. The highest BCUT2D eigenvalue weighted by Crippen LogP contribution is 2.33. The summed E-state index contributed by atoms with van der Waals surface area (Å²) in [6.45, 7) is 4.02. The smallest absolute Gasteiger partial charge is 0.237 e. The van der Waals surface area contributed by atoms with E-state index in [2.05, 4.69) is 17.6 Å². The van der Waals surface area contributed by atoms with Gasteiger partial charge in [-0.05, 0) is 39.2 Å². The van der Waals surface area contributed by atoms with Gasteiger partial charge >= 0.3 is 0 Å². The predicted molar refractivity (Wildman–Crippen MR) is 53.5 cm³/mol. The highest BCUT2D eigenvalue weighted by molar-refractivity contribution is 5.81. The summed E-state index contributed by atoms with van der Waals surface area (Å²) in [7, 11) is 1.81. The average molecular weight is 184 g/mol. The number of hydrogen-bond acceptors (Lipinski definition) is 2. The molecule has 1 fully saturated rings. The molecule has 0 heterocycles. The second-order valence-corrected chi connectivity index (χ2v) is 3.87. The van der Waals surface area contributed by atoms with E-state index in [-0.39, 0.29) is 11.9 Å². The molecule has 1 aliphatic rings. The normalized spacial score (nSPS) is 20.8. The number of likely N-dealkylation sites (N-methyl/N-ethyl adjacent to an activating group) is 1. The zero-order valence-corrected chi connectivity index (χ0v) is 8.76. The molecule has 76 valence electrons. The van der Waals surface area contributed by atoms with Crippen LogP contribution in [0.5, 0.6) is 0 Å². The van der Waals surface area contributed by atoms with Crippen molar-refractivity contribution in [2.45, 2.75) is 45.2 Å². The number of carbonyl (C=O) groups is 1. The number of nitrogens with one attached hydrogen (secondary N) is 2. The Morgan fingerprint density at radius 1 is 1.54 bits per heavy atom. The number of carbonyl (C=O) groups excluding carboxylic acids is 1. The van der Waals surface area contributed by atoms with Gasteiger partial charge in [-0.2, -0.15) is 0 Å². The molecule has 1 saturated carbocycles. The minimum atomic E-state index is -0.0761. The van der Waals surface area contributed by atoms with Crippen LogP contribution in [0.25, 0.3) is 0 Å². The Kier molecular flexibility index (Phi) is 3.72. The Morgan fingerprint density at radius 3 is 2.54 bits per heavy atom. The van der Waals surface area contributed by atoms with Crippen LogP contribution in [0.4, 0.5) is 0 Å². The minimum Gasteiger partial charge on any atom is -0.352 e. The van der Waals surface area contributed by atoms with Crippen LogP contribution in [0.2, 0.25) is 0 Å². The third-order valence-corrected chi connectivity index (χ3v) is 2.78. The zero-order valence-electron chi connectivity index (χ0n) is 8.76. The molecule has 2 unspecified atom stereocenters. The summed E-state index contributed by atoms with van der Waals surface area (Å²) in [5.74, 6) is 0.874. The molecular formula is C10H20N2O. The topological polar surface area (TPSA) is 41.1 Å². The molecule has 0 aromatic carbocycles. The predicted octanol–water partition coefficient (Wildman–Crippen LogP) is 0.899. The molecule has 0 spiro atoms. The molecule has 0 aliphatic heterocycles. The van der Waals surface area contributed by atoms with Gasteiger partial charge < -0.3 is 10.6 Å². The molecule has 1 aliphatic carbocycles. The van der Waals surface area contributed by atoms with Crippen LogP contribution in [-0.2, 0) is 4.79 Å². The maximum atomic E-state index is 11.5. The van der Waals surface area contributed by atoms with Gasteiger partial charge in [0.2, 0.25) is 5.91 Å². The molecule has 2 atom stereocenters. The molecule has 0 aromatic rings. The van der Waals surface area contributed by atoms with Crippen molar-refractivity contribution in [3.8, 4) is 0 Å². The lowest BCUT2D eigenvalue weighted by atomic mass is 10.1. The van der Waals surface area contributed by atoms with E-state index in [0.717, 1.165) is 12.3 Å². The first-order valence-electron chi connectivity index (χ1n) is 5.16. The summed E-state index contributed by atoms with van der Waals surface area (Å²) < 4.78 is 0. The van der Waals surface area contributed by atoms with Crippen molar-refractivity contribution in [1.29, 1.82) is 0 Å². The van der Waals surface area contributed by atoms with Crippen molar-refractivity contribution in [3.05, 3.63) is 0 Å². The Labute approximate surface area is 80.3 Å². The lowest BCUT2D eigenvalue weighted by Crippen LogP contribution is -2.45. The van der Waals surface area contributed by atoms with Crippen LogP contribution in [0.1, 0.15) is 33.1 Å². The highest BCUT2D eigenvalue weighted by atomic mass is 16.2. The second kappa shape index (κ2) is 4.61. The number of hydrogen-bond donors (Lipinski definition) is 2. The summed E-state index contributed by atoms with van der Waals surface area (Å²) >= 11 is 0. The third kappa shape index (κ3) is 2.99. The average Bonchev–Trinajstić information content (AvgIpc) is 2.95. The Balaban J connectivity index is 2.31. The summed E-state index contributed by atoms with van der Waals surface area (Å²) in [5, 5.41) is 6.02. The van der Waals surface area contributed by atoms with E-state index in [4.69, 9.17) is 0 Å². The molecule has 0 radical (unpaired) electrons. The zero-order chi connectivity index (χ0) is 9.84. The minimum absolute atomic E-state index is 0.0761. The summed E-state index contributed by atoms with van der Waals surface area (Å²) in [6.07, 6.45) is 3.62. The quantitative estimate of drug-likeness (QED) is 0.666. The lowest BCUT2D eigenvalue weighted by Gasteiger charge is -2.18. The Hall–Kier alpha value is -0.570. The van der Waals surface area contributed by atoms with Gasteiger partial charge in [0.05, 0.1) is 6.04 Å². The van der Waals surface area contributed by atoms with Crippen LogP contribution in [-0.4, -0.2) is 25.0 Å². The number of amides is 1. The fourth-order valence-corrected chi connectivity index (χ4v) is 1.49. The maximum Gasteiger partial charge on any atom is 0.237 e. The molecule has 3 heteroatoms. The van der Waals surface area contributed by atoms with E-state index >= 15 is 0 Å². The largest absolute Gasteiger partial charge is 0.352 e. The monoisotopic (exact) mass is 184 g/mol. The van der Waals surface area contributed by atoms with E-state index in [9.17, 15) is 4.79 Å². The van der Waals surface area contributed by atoms with Crippen molar-refractivity contribution in [3.63, 3.8) is 0 Å².